The highest BCUT2D eigenvalue weighted by Crippen LogP contribution is 2.34. The van der Waals surface area contributed by atoms with Gasteiger partial charge in [0.2, 0.25) is 0 Å². The molecular weight excluding hydrogens is 237 g/mol. The van der Waals surface area contributed by atoms with Gasteiger partial charge in [-0.1, -0.05) is 42.5 Å². The molecule has 0 heterocycles. The number of hydrogen-bond donors (Lipinski definition) is 1. The van der Waals surface area contributed by atoms with Crippen LogP contribution in [0.3, 0.4) is 0 Å². The van der Waals surface area contributed by atoms with Crippen LogP contribution in [0, 0.1) is 5.82 Å². The Bertz CT molecular complexity index is 565. The van der Waals surface area contributed by atoms with Crippen LogP contribution in [0.25, 0.3) is 0 Å². The first-order valence-electron chi connectivity index (χ1n) is 6.84. The number of benzene rings is 2. The Morgan fingerprint density at radius 3 is 2.68 bits per heavy atom. The van der Waals surface area contributed by atoms with Crippen molar-refractivity contribution in [3.63, 3.8) is 0 Å². The number of rotatable bonds is 3. The molecule has 0 saturated carbocycles. The predicted octanol–water partition coefficient (Wildman–Crippen LogP) is 4.16. The third-order valence-electron chi connectivity index (χ3n) is 3.96. The van der Waals surface area contributed by atoms with Gasteiger partial charge >= 0.3 is 0 Å². The topological polar surface area (TPSA) is 12.0 Å². The standard InChI is InChI=1S/C17H18FN/c1-12(13-6-3-2-4-7-13)19-17-11-10-14-15(17)8-5-9-16(14)18/h2-9,12,17,19H,10-11H2,1H3. The van der Waals surface area contributed by atoms with Gasteiger partial charge in [-0.15, -0.1) is 0 Å². The first-order valence-corrected chi connectivity index (χ1v) is 6.84. The minimum absolute atomic E-state index is 0.0610. The van der Waals surface area contributed by atoms with Gasteiger partial charge < -0.3 is 5.32 Å². The Morgan fingerprint density at radius 2 is 1.89 bits per heavy atom. The van der Waals surface area contributed by atoms with Crippen LogP contribution in [0.2, 0.25) is 0 Å². The zero-order valence-electron chi connectivity index (χ0n) is 11.1. The van der Waals surface area contributed by atoms with Gasteiger partial charge in [0.15, 0.2) is 0 Å². The summed E-state index contributed by atoms with van der Waals surface area (Å²) in [6, 6.07) is 16.3. The predicted molar refractivity (Wildman–Crippen MR) is 75.5 cm³/mol. The van der Waals surface area contributed by atoms with Crippen LogP contribution in [0.1, 0.15) is 42.1 Å². The highest BCUT2D eigenvalue weighted by Gasteiger charge is 2.25. The lowest BCUT2D eigenvalue weighted by Crippen LogP contribution is -2.22. The molecule has 3 rings (SSSR count). The van der Waals surface area contributed by atoms with Gasteiger partial charge in [0.05, 0.1) is 0 Å². The molecule has 0 saturated heterocycles. The Kier molecular flexibility index (Phi) is 3.34. The molecule has 0 spiro atoms. The Labute approximate surface area is 113 Å². The maximum Gasteiger partial charge on any atom is 0.126 e. The van der Waals surface area contributed by atoms with Gasteiger partial charge in [-0.3, -0.25) is 0 Å². The summed E-state index contributed by atoms with van der Waals surface area (Å²) in [6.07, 6.45) is 1.81. The monoisotopic (exact) mass is 255 g/mol. The van der Waals surface area contributed by atoms with E-state index in [0.717, 1.165) is 24.0 Å². The van der Waals surface area contributed by atoms with Crippen LogP contribution in [0.5, 0.6) is 0 Å². The van der Waals surface area contributed by atoms with E-state index in [4.69, 9.17) is 0 Å². The molecule has 19 heavy (non-hydrogen) atoms. The van der Waals surface area contributed by atoms with Gasteiger partial charge in [-0.25, -0.2) is 4.39 Å². The van der Waals surface area contributed by atoms with Crippen LogP contribution < -0.4 is 5.32 Å². The summed E-state index contributed by atoms with van der Waals surface area (Å²) in [7, 11) is 0. The van der Waals surface area contributed by atoms with Crippen molar-refractivity contribution in [1.29, 1.82) is 0 Å². The Hall–Kier alpha value is -1.67. The zero-order valence-corrected chi connectivity index (χ0v) is 11.1. The molecule has 0 bridgehead atoms. The molecule has 2 aromatic rings. The summed E-state index contributed by atoms with van der Waals surface area (Å²) in [5.74, 6) is -0.0610. The van der Waals surface area contributed by atoms with Crippen molar-refractivity contribution >= 4 is 0 Å². The molecule has 1 aliphatic carbocycles. The molecular formula is C17H18FN. The third-order valence-corrected chi connectivity index (χ3v) is 3.96. The maximum atomic E-state index is 13.7. The number of fused-ring (bicyclic) bond motifs is 1. The summed E-state index contributed by atoms with van der Waals surface area (Å²) >= 11 is 0. The van der Waals surface area contributed by atoms with Gasteiger partial charge in [-0.2, -0.15) is 0 Å². The second-order valence-electron chi connectivity index (χ2n) is 5.20. The van der Waals surface area contributed by atoms with Gasteiger partial charge in [0, 0.05) is 12.1 Å². The fraction of sp³-hybridized carbons (Fsp3) is 0.294. The largest absolute Gasteiger partial charge is 0.303 e. The molecule has 0 radical (unpaired) electrons. The minimum atomic E-state index is -0.0610. The van der Waals surface area contributed by atoms with Crippen molar-refractivity contribution in [2.45, 2.75) is 31.8 Å². The molecule has 1 nitrogen and oxygen atoms in total. The van der Waals surface area contributed by atoms with E-state index in [1.807, 2.05) is 12.1 Å². The summed E-state index contributed by atoms with van der Waals surface area (Å²) < 4.78 is 13.7. The number of halogens is 1. The average molecular weight is 255 g/mol. The van der Waals surface area contributed by atoms with Gasteiger partial charge in [0.1, 0.15) is 5.82 Å². The Morgan fingerprint density at radius 1 is 1.11 bits per heavy atom. The minimum Gasteiger partial charge on any atom is -0.303 e. The van der Waals surface area contributed by atoms with E-state index < -0.39 is 0 Å². The summed E-state index contributed by atoms with van der Waals surface area (Å²) in [4.78, 5) is 0. The lowest BCUT2D eigenvalue weighted by molar-refractivity contribution is 0.465. The highest BCUT2D eigenvalue weighted by atomic mass is 19.1. The SMILES string of the molecule is CC(NC1CCc2c(F)cccc21)c1ccccc1. The van der Waals surface area contributed by atoms with E-state index in [2.05, 4.69) is 36.5 Å². The summed E-state index contributed by atoms with van der Waals surface area (Å²) in [5, 5.41) is 3.61. The van der Waals surface area contributed by atoms with E-state index in [9.17, 15) is 4.39 Å². The smallest absolute Gasteiger partial charge is 0.126 e. The normalized spacial score (nSPS) is 19.2. The van der Waals surface area contributed by atoms with Crippen molar-refractivity contribution in [3.05, 3.63) is 71.0 Å². The van der Waals surface area contributed by atoms with Crippen LogP contribution in [-0.2, 0) is 6.42 Å². The molecule has 2 aromatic carbocycles. The van der Waals surface area contributed by atoms with Crippen molar-refractivity contribution in [2.24, 2.45) is 0 Å². The fourth-order valence-corrected chi connectivity index (χ4v) is 2.92. The molecule has 0 fully saturated rings. The first kappa shape index (κ1) is 12.4. The molecule has 1 N–H and O–H groups in total. The van der Waals surface area contributed by atoms with Crippen molar-refractivity contribution in [2.75, 3.05) is 0 Å². The number of nitrogens with one attached hydrogen (secondary N) is 1. The van der Waals surface area contributed by atoms with Crippen molar-refractivity contribution in [3.8, 4) is 0 Å². The number of hydrogen-bond acceptors (Lipinski definition) is 1. The van der Waals surface area contributed by atoms with Crippen molar-refractivity contribution in [1.82, 2.24) is 5.32 Å². The molecule has 0 aliphatic heterocycles. The molecule has 2 atom stereocenters. The summed E-state index contributed by atoms with van der Waals surface area (Å²) in [5.41, 5.74) is 3.29. The van der Waals surface area contributed by atoms with E-state index in [-0.39, 0.29) is 17.9 Å². The highest BCUT2D eigenvalue weighted by molar-refractivity contribution is 5.36. The third kappa shape index (κ3) is 2.41. The van der Waals surface area contributed by atoms with E-state index >= 15 is 0 Å². The molecule has 2 heteroatoms. The second kappa shape index (κ2) is 5.14. The fourth-order valence-electron chi connectivity index (χ4n) is 2.92. The maximum absolute atomic E-state index is 13.7. The van der Waals surface area contributed by atoms with Crippen molar-refractivity contribution < 1.29 is 4.39 Å². The molecule has 0 aromatic heterocycles. The summed E-state index contributed by atoms with van der Waals surface area (Å²) in [6.45, 7) is 2.16. The first-order chi connectivity index (χ1) is 9.25. The second-order valence-corrected chi connectivity index (χ2v) is 5.20. The van der Waals surface area contributed by atoms with Crippen LogP contribution in [0.15, 0.2) is 48.5 Å². The van der Waals surface area contributed by atoms with E-state index in [1.54, 1.807) is 12.1 Å². The molecule has 2 unspecified atom stereocenters. The lowest BCUT2D eigenvalue weighted by Gasteiger charge is -2.20. The van der Waals surface area contributed by atoms with E-state index in [0.29, 0.717) is 0 Å². The molecule has 98 valence electrons. The van der Waals surface area contributed by atoms with Gasteiger partial charge in [-0.05, 0) is 42.5 Å². The lowest BCUT2D eigenvalue weighted by atomic mass is 10.0. The molecule has 1 aliphatic rings. The Balaban J connectivity index is 1.78. The van der Waals surface area contributed by atoms with Crippen LogP contribution in [0.4, 0.5) is 4.39 Å². The van der Waals surface area contributed by atoms with Crippen LogP contribution >= 0.6 is 0 Å². The van der Waals surface area contributed by atoms with E-state index in [1.165, 1.54) is 5.56 Å². The molecule has 0 amide bonds. The van der Waals surface area contributed by atoms with Gasteiger partial charge in [0.25, 0.3) is 0 Å². The zero-order chi connectivity index (χ0) is 13.2. The quantitative estimate of drug-likeness (QED) is 0.868. The average Bonchev–Trinajstić information content (AvgIpc) is 2.84. The van der Waals surface area contributed by atoms with Crippen LogP contribution in [-0.4, -0.2) is 0 Å².